The van der Waals surface area contributed by atoms with Gasteiger partial charge in [0.05, 0.1) is 22.7 Å². The molecule has 0 radical (unpaired) electrons. The van der Waals surface area contributed by atoms with Crippen LogP contribution in [0.3, 0.4) is 0 Å². The number of nitrogens with zero attached hydrogens (tertiary/aromatic N) is 2. The summed E-state index contributed by atoms with van der Waals surface area (Å²) in [6, 6.07) is 62.3. The van der Waals surface area contributed by atoms with Crippen LogP contribution in [0.2, 0.25) is 0 Å². The minimum atomic E-state index is -2.66. The molecule has 0 bridgehead atoms. The zero-order valence-electron chi connectivity index (χ0n) is 28.0. The average Bonchev–Trinajstić information content (AvgIpc) is 3.20. The third kappa shape index (κ3) is 3.57. The molecule has 1 atom stereocenters. The number of rotatable bonds is 2. The van der Waals surface area contributed by atoms with Crippen molar-refractivity contribution in [1.29, 1.82) is 0 Å². The molecule has 4 heteroatoms. The Labute approximate surface area is 306 Å². The molecule has 0 amide bonds. The van der Waals surface area contributed by atoms with Gasteiger partial charge in [-0.25, -0.2) is 0 Å². The highest BCUT2D eigenvalue weighted by Crippen LogP contribution is 2.63. The van der Waals surface area contributed by atoms with Crippen molar-refractivity contribution in [2.45, 2.75) is 0 Å². The summed E-state index contributed by atoms with van der Waals surface area (Å²) >= 11 is 7.44. The van der Waals surface area contributed by atoms with E-state index in [-0.39, 0.29) is 0 Å². The van der Waals surface area contributed by atoms with Crippen molar-refractivity contribution in [3.8, 4) is 0 Å². The molecule has 52 heavy (non-hydrogen) atoms. The average molecular weight is 697 g/mol. The topological polar surface area (TPSA) is 6.48 Å². The Kier molecular flexibility index (Phi) is 5.68. The fourth-order valence-electron chi connectivity index (χ4n) is 9.31. The summed E-state index contributed by atoms with van der Waals surface area (Å²) < 4.78 is 0. The number of para-hydroxylation sites is 2. The highest BCUT2D eigenvalue weighted by Gasteiger charge is 2.46. The van der Waals surface area contributed by atoms with E-state index in [0.717, 1.165) is 17.1 Å². The van der Waals surface area contributed by atoms with E-state index in [4.69, 9.17) is 11.8 Å². The van der Waals surface area contributed by atoms with E-state index in [1.54, 1.807) is 0 Å². The molecule has 0 saturated carbocycles. The van der Waals surface area contributed by atoms with Gasteiger partial charge in [0.25, 0.3) is 0 Å². The van der Waals surface area contributed by atoms with E-state index in [2.05, 4.69) is 186 Å². The van der Waals surface area contributed by atoms with E-state index < -0.39 is 6.04 Å². The standard InChI is InChI=1S/C48H29N2PS/c52-51-42-28-27-37-36-18-8-7-11-30(36)23-25-38(37)46(42)49(34-14-3-1-4-15-34)40-19-10-20-41(48(40)51)50(35-16-5-2-6-17-35)47-39-26-24-32-13-9-12-31-21-22-33(29-43(47)51)45(39)44(31)32/h1-29H. The molecule has 2 nitrogen and oxygen atoms in total. The second kappa shape index (κ2) is 10.3. The van der Waals surface area contributed by atoms with E-state index in [0.29, 0.717) is 0 Å². The van der Waals surface area contributed by atoms with Gasteiger partial charge in [-0.3, -0.25) is 0 Å². The van der Waals surface area contributed by atoms with Crippen molar-refractivity contribution < 1.29 is 0 Å². The van der Waals surface area contributed by atoms with Gasteiger partial charge in [-0.1, -0.05) is 145 Å². The molecule has 2 aliphatic heterocycles. The summed E-state index contributed by atoms with van der Waals surface area (Å²) in [7, 11) is 0. The van der Waals surface area contributed by atoms with E-state index >= 15 is 0 Å². The molecule has 0 saturated heterocycles. The third-order valence-corrected chi connectivity index (χ3v) is 16.3. The van der Waals surface area contributed by atoms with E-state index in [1.807, 2.05) is 0 Å². The molecule has 0 spiro atoms. The van der Waals surface area contributed by atoms with Crippen molar-refractivity contribution in [2.75, 3.05) is 9.80 Å². The van der Waals surface area contributed by atoms with Gasteiger partial charge in [0.2, 0.25) is 0 Å². The maximum atomic E-state index is 7.44. The molecule has 1 unspecified atom stereocenters. The van der Waals surface area contributed by atoms with Crippen LogP contribution in [0, 0.1) is 0 Å². The Morgan fingerprint density at radius 2 is 0.904 bits per heavy atom. The fourth-order valence-corrected chi connectivity index (χ4v) is 14.1. The minimum Gasteiger partial charge on any atom is -0.308 e. The van der Waals surface area contributed by atoms with Crippen LogP contribution in [-0.4, -0.2) is 0 Å². The Bertz CT molecular complexity index is 3140. The quantitative estimate of drug-likeness (QED) is 0.131. The molecule has 2 heterocycles. The molecule has 0 aliphatic carbocycles. The van der Waals surface area contributed by atoms with E-state index in [9.17, 15) is 0 Å². The smallest absolute Gasteiger partial charge is 0.0631 e. The predicted molar refractivity (Wildman–Crippen MR) is 228 cm³/mol. The van der Waals surface area contributed by atoms with E-state index in [1.165, 1.54) is 86.8 Å². The van der Waals surface area contributed by atoms with Gasteiger partial charge in [0.15, 0.2) is 0 Å². The van der Waals surface area contributed by atoms with Crippen molar-refractivity contribution >= 4 is 122 Å². The minimum absolute atomic E-state index is 1.13. The highest BCUT2D eigenvalue weighted by molar-refractivity contribution is 8.26. The van der Waals surface area contributed by atoms with Crippen LogP contribution in [0.1, 0.15) is 0 Å². The van der Waals surface area contributed by atoms with Gasteiger partial charge in [-0.2, -0.15) is 0 Å². The molecule has 10 aromatic carbocycles. The number of hydrogen-bond acceptors (Lipinski definition) is 3. The lowest BCUT2D eigenvalue weighted by Crippen LogP contribution is -2.43. The maximum Gasteiger partial charge on any atom is 0.0631 e. The molecule has 2 aliphatic rings. The first-order chi connectivity index (χ1) is 25.7. The first-order valence-corrected chi connectivity index (χ1v) is 20.6. The van der Waals surface area contributed by atoms with Gasteiger partial charge in [0, 0.05) is 44.1 Å². The Hall–Kier alpha value is -5.99. The molecule has 12 rings (SSSR count). The largest absolute Gasteiger partial charge is 0.308 e. The summed E-state index contributed by atoms with van der Waals surface area (Å²) in [6.45, 7) is 0. The Balaban J connectivity index is 1.30. The number of fused-ring (bicyclic) bond motifs is 9. The molecular formula is C48H29N2PS. The summed E-state index contributed by atoms with van der Waals surface area (Å²) in [6.07, 6.45) is 0. The number of benzene rings is 10. The zero-order chi connectivity index (χ0) is 34.1. The van der Waals surface area contributed by atoms with Gasteiger partial charge in [-0.05, 0) is 85.6 Å². The summed E-state index contributed by atoms with van der Waals surface area (Å²) in [4.78, 5) is 5.00. The van der Waals surface area contributed by atoms with Gasteiger partial charge >= 0.3 is 0 Å². The number of hydrogen-bond donors (Lipinski definition) is 0. The SMILES string of the molecule is S=P12c3ccc4c(ccc5ccccc54)c3N(c3ccccc3)c3cccc(c31)N(c1ccccc1)c1c2cc2ccc3cccc4ccc1c2c34. The van der Waals surface area contributed by atoms with Gasteiger partial charge < -0.3 is 9.80 Å². The lowest BCUT2D eigenvalue weighted by atomic mass is 9.93. The molecule has 0 N–H and O–H groups in total. The van der Waals surface area contributed by atoms with Crippen molar-refractivity contribution in [3.05, 3.63) is 176 Å². The summed E-state index contributed by atoms with van der Waals surface area (Å²) in [5, 5.41) is 16.4. The molecule has 10 aromatic rings. The second-order valence-electron chi connectivity index (χ2n) is 14.0. The second-order valence-corrected chi connectivity index (χ2v) is 18.3. The Morgan fingerprint density at radius 3 is 1.63 bits per heavy atom. The lowest BCUT2D eigenvalue weighted by molar-refractivity contribution is 1.27. The Morgan fingerprint density at radius 1 is 0.365 bits per heavy atom. The van der Waals surface area contributed by atoms with Crippen molar-refractivity contribution in [3.63, 3.8) is 0 Å². The predicted octanol–water partition coefficient (Wildman–Crippen LogP) is 12.2. The van der Waals surface area contributed by atoms with Crippen LogP contribution >= 0.6 is 6.04 Å². The van der Waals surface area contributed by atoms with Gasteiger partial charge in [-0.15, -0.1) is 0 Å². The van der Waals surface area contributed by atoms with Crippen LogP contribution in [0.15, 0.2) is 176 Å². The summed E-state index contributed by atoms with van der Waals surface area (Å²) in [5.41, 5.74) is 7.01. The molecule has 0 fully saturated rings. The zero-order valence-corrected chi connectivity index (χ0v) is 29.7. The van der Waals surface area contributed by atoms with Gasteiger partial charge in [0.1, 0.15) is 0 Å². The van der Waals surface area contributed by atoms with Crippen LogP contribution in [-0.2, 0) is 11.8 Å². The van der Waals surface area contributed by atoms with Crippen LogP contribution in [0.4, 0.5) is 34.1 Å². The normalized spacial score (nSPS) is 16.2. The lowest BCUT2D eigenvalue weighted by Gasteiger charge is -2.47. The monoisotopic (exact) mass is 696 g/mol. The van der Waals surface area contributed by atoms with Crippen LogP contribution < -0.4 is 25.7 Å². The first-order valence-electron chi connectivity index (χ1n) is 17.8. The third-order valence-electron chi connectivity index (χ3n) is 11.4. The van der Waals surface area contributed by atoms with Crippen molar-refractivity contribution in [1.82, 2.24) is 0 Å². The molecule has 0 aromatic heterocycles. The number of anilines is 6. The summed E-state index contributed by atoms with van der Waals surface area (Å²) in [5.74, 6) is 0. The molecule has 242 valence electrons. The maximum absolute atomic E-state index is 7.44. The molecular weight excluding hydrogens is 668 g/mol. The first kappa shape index (κ1) is 28.7. The van der Waals surface area contributed by atoms with Crippen LogP contribution in [0.5, 0.6) is 0 Å². The fraction of sp³-hybridized carbons (Fsp3) is 0. The van der Waals surface area contributed by atoms with Crippen LogP contribution in [0.25, 0.3) is 53.9 Å². The van der Waals surface area contributed by atoms with Crippen molar-refractivity contribution in [2.24, 2.45) is 0 Å². The highest BCUT2D eigenvalue weighted by atomic mass is 32.4.